The Hall–Kier alpha value is -0.650. The third-order valence-corrected chi connectivity index (χ3v) is 5.88. The molecule has 0 saturated carbocycles. The van der Waals surface area contributed by atoms with Crippen LogP contribution in [-0.4, -0.2) is 45.5 Å². The first-order valence-electron chi connectivity index (χ1n) is 12.2. The Labute approximate surface area is 185 Å². The zero-order valence-corrected chi connectivity index (χ0v) is 20.9. The summed E-state index contributed by atoms with van der Waals surface area (Å²) in [6.45, 7) is 14.4. The van der Waals surface area contributed by atoms with Crippen molar-refractivity contribution in [2.24, 2.45) is 0 Å². The average Bonchev–Trinajstić information content (AvgIpc) is 2.57. The monoisotopic (exact) mass is 427 g/mol. The molecule has 30 heavy (non-hydrogen) atoms. The summed E-state index contributed by atoms with van der Waals surface area (Å²) in [5.41, 5.74) is -1.45. The van der Waals surface area contributed by atoms with Gasteiger partial charge in [0.05, 0.1) is 12.2 Å². The Morgan fingerprint density at radius 3 is 1.87 bits per heavy atom. The molecule has 1 N–H and O–H groups in total. The highest BCUT2D eigenvalue weighted by atomic mass is 16.7. The van der Waals surface area contributed by atoms with Gasteiger partial charge in [-0.15, -0.1) is 0 Å². The van der Waals surface area contributed by atoms with Gasteiger partial charge >= 0.3 is 5.97 Å². The molecular weight excluding hydrogens is 378 g/mol. The molecule has 0 bridgehead atoms. The maximum atomic E-state index is 12.4. The number of hydrogen-bond acceptors (Lipinski definition) is 5. The molecule has 1 saturated heterocycles. The minimum Gasteiger partial charge on any atom is -0.462 e. The molecule has 0 unspecified atom stereocenters. The van der Waals surface area contributed by atoms with E-state index in [2.05, 4.69) is 34.6 Å². The smallest absolute Gasteiger partial charge is 0.306 e. The van der Waals surface area contributed by atoms with Gasteiger partial charge in [-0.3, -0.25) is 9.63 Å². The van der Waals surface area contributed by atoms with Crippen LogP contribution in [0.3, 0.4) is 0 Å². The van der Waals surface area contributed by atoms with Gasteiger partial charge in [-0.25, -0.2) is 0 Å². The predicted molar refractivity (Wildman–Crippen MR) is 123 cm³/mol. The summed E-state index contributed by atoms with van der Waals surface area (Å²) in [7, 11) is 0. The molecule has 1 fully saturated rings. The summed E-state index contributed by atoms with van der Waals surface area (Å²) in [5.74, 6) is -0.0691. The van der Waals surface area contributed by atoms with Gasteiger partial charge in [0.15, 0.2) is 0 Å². The standard InChI is InChI=1S/C25H49NO4/c1-8-9-10-11-12-13-14-15-16-17-22(27)30-21-18-23(2,3)26(24(4,5)19-21)29-20-25(6,7)28/h21,28H,8-20H2,1-7H3. The molecule has 0 amide bonds. The van der Waals surface area contributed by atoms with E-state index < -0.39 is 5.60 Å². The minimum absolute atomic E-state index is 0.0691. The van der Waals surface area contributed by atoms with E-state index >= 15 is 0 Å². The van der Waals surface area contributed by atoms with Gasteiger partial charge in [0.25, 0.3) is 0 Å². The quantitative estimate of drug-likeness (QED) is 0.265. The molecule has 0 aliphatic carbocycles. The first kappa shape index (κ1) is 27.4. The fourth-order valence-corrected chi connectivity index (χ4v) is 4.65. The first-order valence-corrected chi connectivity index (χ1v) is 12.2. The van der Waals surface area contributed by atoms with Crippen LogP contribution in [0.2, 0.25) is 0 Å². The van der Waals surface area contributed by atoms with Gasteiger partial charge in [-0.1, -0.05) is 58.3 Å². The highest BCUT2D eigenvalue weighted by Gasteiger charge is 2.48. The van der Waals surface area contributed by atoms with Gasteiger partial charge in [0, 0.05) is 30.3 Å². The predicted octanol–water partition coefficient (Wildman–Crippen LogP) is 6.17. The number of piperidine rings is 1. The molecule has 0 aromatic heterocycles. The van der Waals surface area contributed by atoms with Crippen LogP contribution in [0, 0.1) is 0 Å². The summed E-state index contributed by atoms with van der Waals surface area (Å²) in [6.07, 6.45) is 13.1. The van der Waals surface area contributed by atoms with Crippen molar-refractivity contribution >= 4 is 5.97 Å². The number of nitrogens with zero attached hydrogens (tertiary/aromatic N) is 1. The van der Waals surface area contributed by atoms with Crippen molar-refractivity contribution in [3.8, 4) is 0 Å². The molecule has 178 valence electrons. The van der Waals surface area contributed by atoms with Crippen molar-refractivity contribution in [2.45, 2.75) is 148 Å². The van der Waals surface area contributed by atoms with Crippen LogP contribution in [0.1, 0.15) is 126 Å². The van der Waals surface area contributed by atoms with Crippen LogP contribution < -0.4 is 0 Å². The Bertz CT molecular complexity index is 478. The van der Waals surface area contributed by atoms with Gasteiger partial charge in [-0.2, -0.15) is 5.06 Å². The van der Waals surface area contributed by atoms with Gasteiger partial charge in [-0.05, 0) is 48.0 Å². The van der Waals surface area contributed by atoms with E-state index in [-0.39, 0.29) is 29.8 Å². The van der Waals surface area contributed by atoms with Crippen LogP contribution in [0.4, 0.5) is 0 Å². The number of aliphatic hydroxyl groups is 1. The summed E-state index contributed by atoms with van der Waals surface area (Å²) in [4.78, 5) is 18.4. The normalized spacial score (nSPS) is 19.7. The van der Waals surface area contributed by atoms with Crippen LogP contribution in [0.15, 0.2) is 0 Å². The van der Waals surface area contributed by atoms with Crippen molar-refractivity contribution in [3.63, 3.8) is 0 Å². The topological polar surface area (TPSA) is 59.0 Å². The number of esters is 1. The van der Waals surface area contributed by atoms with Crippen LogP contribution in [0.5, 0.6) is 0 Å². The van der Waals surface area contributed by atoms with E-state index in [1.54, 1.807) is 13.8 Å². The van der Waals surface area contributed by atoms with E-state index in [9.17, 15) is 9.90 Å². The number of rotatable bonds is 14. The van der Waals surface area contributed by atoms with Crippen molar-refractivity contribution < 1.29 is 19.5 Å². The Morgan fingerprint density at radius 2 is 1.40 bits per heavy atom. The molecule has 1 rings (SSSR count). The second kappa shape index (κ2) is 12.4. The molecule has 0 aromatic carbocycles. The number of hydroxylamine groups is 2. The van der Waals surface area contributed by atoms with Crippen molar-refractivity contribution in [3.05, 3.63) is 0 Å². The lowest BCUT2D eigenvalue weighted by atomic mass is 9.80. The third kappa shape index (κ3) is 10.6. The van der Waals surface area contributed by atoms with E-state index in [1.165, 1.54) is 44.9 Å². The maximum Gasteiger partial charge on any atom is 0.306 e. The number of carbonyl (C=O) groups is 1. The second-order valence-electron chi connectivity index (χ2n) is 11.1. The highest BCUT2D eigenvalue weighted by Crippen LogP contribution is 2.40. The molecule has 0 aromatic rings. The van der Waals surface area contributed by atoms with Crippen molar-refractivity contribution in [1.29, 1.82) is 0 Å². The minimum atomic E-state index is -0.884. The Morgan fingerprint density at radius 1 is 0.933 bits per heavy atom. The number of unbranched alkanes of at least 4 members (excludes halogenated alkanes) is 8. The van der Waals surface area contributed by atoms with Crippen molar-refractivity contribution in [1.82, 2.24) is 5.06 Å². The number of ether oxygens (including phenoxy) is 1. The van der Waals surface area contributed by atoms with E-state index in [1.807, 2.05) is 5.06 Å². The van der Waals surface area contributed by atoms with E-state index in [0.717, 1.165) is 25.7 Å². The van der Waals surface area contributed by atoms with E-state index in [4.69, 9.17) is 9.57 Å². The number of hydrogen-bond donors (Lipinski definition) is 1. The molecule has 0 atom stereocenters. The second-order valence-corrected chi connectivity index (χ2v) is 11.1. The number of carbonyl (C=O) groups excluding carboxylic acids is 1. The van der Waals surface area contributed by atoms with E-state index in [0.29, 0.717) is 6.42 Å². The Balaban J connectivity index is 2.35. The molecule has 5 nitrogen and oxygen atoms in total. The largest absolute Gasteiger partial charge is 0.462 e. The maximum absolute atomic E-state index is 12.4. The summed E-state index contributed by atoms with van der Waals surface area (Å²) in [5, 5.41) is 12.0. The fourth-order valence-electron chi connectivity index (χ4n) is 4.65. The van der Waals surface area contributed by atoms with Crippen LogP contribution >= 0.6 is 0 Å². The molecule has 1 heterocycles. The lowest BCUT2D eigenvalue weighted by molar-refractivity contribution is -0.306. The fraction of sp³-hybridized carbons (Fsp3) is 0.960. The van der Waals surface area contributed by atoms with Gasteiger partial charge < -0.3 is 9.84 Å². The average molecular weight is 428 g/mol. The third-order valence-electron chi connectivity index (χ3n) is 5.88. The van der Waals surface area contributed by atoms with Crippen LogP contribution in [0.25, 0.3) is 0 Å². The lowest BCUT2D eigenvalue weighted by Crippen LogP contribution is -2.62. The molecule has 5 heteroatoms. The van der Waals surface area contributed by atoms with Gasteiger partial charge in [0.2, 0.25) is 0 Å². The molecule has 1 aliphatic rings. The first-order chi connectivity index (χ1) is 13.9. The lowest BCUT2D eigenvalue weighted by Gasteiger charge is -2.53. The summed E-state index contributed by atoms with van der Waals surface area (Å²) >= 11 is 0. The molecule has 1 aliphatic heterocycles. The SMILES string of the molecule is CCCCCCCCCCCC(=O)OC1CC(C)(C)N(OCC(C)(C)O)C(C)(C)C1. The van der Waals surface area contributed by atoms with Gasteiger partial charge in [0.1, 0.15) is 6.10 Å². The zero-order chi connectivity index (χ0) is 22.8. The zero-order valence-electron chi connectivity index (χ0n) is 20.9. The molecular formula is C25H49NO4. The summed E-state index contributed by atoms with van der Waals surface area (Å²) < 4.78 is 5.86. The van der Waals surface area contributed by atoms with Crippen LogP contribution in [-0.2, 0) is 14.4 Å². The van der Waals surface area contributed by atoms with Crippen molar-refractivity contribution in [2.75, 3.05) is 6.61 Å². The molecule has 0 radical (unpaired) electrons. The highest BCUT2D eigenvalue weighted by molar-refractivity contribution is 5.69. The Kier molecular flexibility index (Phi) is 11.3. The molecule has 0 spiro atoms. The summed E-state index contributed by atoms with van der Waals surface area (Å²) in [6, 6.07) is 0.